The number of pyridine rings is 1. The summed E-state index contributed by atoms with van der Waals surface area (Å²) < 4.78 is 12.7. The summed E-state index contributed by atoms with van der Waals surface area (Å²) in [4.78, 5) is 16.9. The molecule has 0 bridgehead atoms. The fourth-order valence-corrected chi connectivity index (χ4v) is 5.09. The van der Waals surface area contributed by atoms with Gasteiger partial charge in [-0.2, -0.15) is 0 Å². The summed E-state index contributed by atoms with van der Waals surface area (Å²) in [6.07, 6.45) is 6.36. The van der Waals surface area contributed by atoms with Crippen LogP contribution >= 0.6 is 23.8 Å². The summed E-state index contributed by atoms with van der Waals surface area (Å²) in [6.45, 7) is 4.04. The van der Waals surface area contributed by atoms with Crippen LogP contribution < -0.4 is 10.6 Å². The Morgan fingerprint density at radius 2 is 2.03 bits per heavy atom. The number of hydrogen-bond acceptors (Lipinski definition) is 6. The number of rotatable bonds is 5. The SMILES string of the molecule is Cc1ncc(C2CCN(CCF)CC2)cc1Nc1ncc2c(n1)-c1ccc(Cl)cc1NC(=S)C2. The van der Waals surface area contributed by atoms with Crippen LogP contribution in [-0.2, 0) is 6.42 Å². The Morgan fingerprint density at radius 3 is 2.82 bits per heavy atom. The number of alkyl halides is 1. The van der Waals surface area contributed by atoms with Crippen LogP contribution in [0, 0.1) is 6.92 Å². The van der Waals surface area contributed by atoms with E-state index < -0.39 is 0 Å². The first-order valence-corrected chi connectivity index (χ1v) is 12.3. The van der Waals surface area contributed by atoms with Gasteiger partial charge in [0.1, 0.15) is 6.67 Å². The first kappa shape index (κ1) is 23.1. The molecule has 4 heterocycles. The van der Waals surface area contributed by atoms with Crippen LogP contribution in [0.2, 0.25) is 5.02 Å². The number of fused-ring (bicyclic) bond motifs is 3. The fraction of sp³-hybridized carbons (Fsp3) is 0.360. The molecule has 1 aromatic carbocycles. The van der Waals surface area contributed by atoms with E-state index in [9.17, 15) is 4.39 Å². The molecular weight excluding hydrogens is 471 g/mol. The number of hydrogen-bond donors (Lipinski definition) is 2. The lowest BCUT2D eigenvalue weighted by Gasteiger charge is -2.31. The second-order valence-electron chi connectivity index (χ2n) is 8.81. The number of aromatic nitrogens is 3. The molecule has 9 heteroatoms. The van der Waals surface area contributed by atoms with E-state index in [4.69, 9.17) is 28.8 Å². The molecular formula is C25H26ClFN6S. The van der Waals surface area contributed by atoms with Gasteiger partial charge in [-0.05, 0) is 68.6 Å². The average Bonchev–Trinajstić information content (AvgIpc) is 2.96. The van der Waals surface area contributed by atoms with Gasteiger partial charge >= 0.3 is 0 Å². The van der Waals surface area contributed by atoms with Crippen LogP contribution in [0.15, 0.2) is 36.7 Å². The molecule has 3 aromatic rings. The van der Waals surface area contributed by atoms with Crippen molar-refractivity contribution in [3.05, 3.63) is 58.5 Å². The van der Waals surface area contributed by atoms with Crippen molar-refractivity contribution >= 4 is 46.1 Å². The third kappa shape index (κ3) is 4.89. The minimum Gasteiger partial charge on any atom is -0.349 e. The monoisotopic (exact) mass is 496 g/mol. The smallest absolute Gasteiger partial charge is 0.227 e. The summed E-state index contributed by atoms with van der Waals surface area (Å²) in [5.41, 5.74) is 6.55. The van der Waals surface area contributed by atoms with Crippen molar-refractivity contribution in [1.82, 2.24) is 19.9 Å². The molecule has 176 valence electrons. The summed E-state index contributed by atoms with van der Waals surface area (Å²) >= 11 is 11.7. The summed E-state index contributed by atoms with van der Waals surface area (Å²) in [5, 5.41) is 7.29. The van der Waals surface area contributed by atoms with Crippen molar-refractivity contribution in [3.8, 4) is 11.3 Å². The fourth-order valence-electron chi connectivity index (χ4n) is 4.65. The Kier molecular flexibility index (Phi) is 6.72. The standard InChI is InChI=1S/C25H26ClFN6S/c1-15-21(10-17(13-28-15)16-4-7-33(8-5-16)9-6-27)31-25-29-14-18-11-23(34)30-22-12-19(26)2-3-20(22)24(18)32-25/h2-3,10,12-14,16H,4-9,11H2,1H3,(H,30,34)(H,29,31,32). The third-order valence-corrected chi connectivity index (χ3v) is 7.02. The number of piperidine rings is 1. The highest BCUT2D eigenvalue weighted by Gasteiger charge is 2.22. The highest BCUT2D eigenvalue weighted by Crippen LogP contribution is 2.36. The molecule has 0 unspecified atom stereocenters. The van der Waals surface area contributed by atoms with Gasteiger partial charge in [0, 0.05) is 47.2 Å². The van der Waals surface area contributed by atoms with Crippen molar-refractivity contribution < 1.29 is 4.39 Å². The highest BCUT2D eigenvalue weighted by molar-refractivity contribution is 7.80. The first-order chi connectivity index (χ1) is 16.5. The number of likely N-dealkylation sites (tertiary alicyclic amines) is 1. The molecule has 0 saturated carbocycles. The van der Waals surface area contributed by atoms with Crippen LogP contribution in [0.3, 0.4) is 0 Å². The molecule has 2 aliphatic heterocycles. The van der Waals surface area contributed by atoms with Gasteiger partial charge in [0.15, 0.2) is 0 Å². The third-order valence-electron chi connectivity index (χ3n) is 6.54. The van der Waals surface area contributed by atoms with Crippen molar-refractivity contribution in [2.24, 2.45) is 0 Å². The Bertz CT molecular complexity index is 1230. The Labute approximate surface area is 209 Å². The van der Waals surface area contributed by atoms with E-state index in [1.165, 1.54) is 5.56 Å². The lowest BCUT2D eigenvalue weighted by atomic mass is 9.90. The molecule has 1 fully saturated rings. The van der Waals surface area contributed by atoms with E-state index in [0.29, 0.717) is 34.8 Å². The number of aryl methyl sites for hydroxylation is 1. The maximum atomic E-state index is 12.7. The summed E-state index contributed by atoms with van der Waals surface area (Å²) in [7, 11) is 0. The molecule has 2 N–H and O–H groups in total. The minimum atomic E-state index is -0.287. The van der Waals surface area contributed by atoms with E-state index in [2.05, 4.69) is 31.6 Å². The van der Waals surface area contributed by atoms with Crippen molar-refractivity contribution in [3.63, 3.8) is 0 Å². The van der Waals surface area contributed by atoms with Crippen molar-refractivity contribution in [2.75, 3.05) is 36.9 Å². The Balaban J connectivity index is 1.41. The number of nitrogens with one attached hydrogen (secondary N) is 2. The van der Waals surface area contributed by atoms with Crippen molar-refractivity contribution in [2.45, 2.75) is 32.1 Å². The predicted molar refractivity (Wildman–Crippen MR) is 139 cm³/mol. The average molecular weight is 497 g/mol. The second-order valence-corrected chi connectivity index (χ2v) is 9.74. The van der Waals surface area contributed by atoms with E-state index in [-0.39, 0.29) is 6.67 Å². The zero-order valence-corrected chi connectivity index (χ0v) is 20.5. The van der Waals surface area contributed by atoms with Gasteiger partial charge in [0.25, 0.3) is 0 Å². The normalized spacial score (nSPS) is 16.4. The molecule has 5 rings (SSSR count). The van der Waals surface area contributed by atoms with Gasteiger partial charge < -0.3 is 15.5 Å². The van der Waals surface area contributed by atoms with Crippen molar-refractivity contribution in [1.29, 1.82) is 0 Å². The maximum absolute atomic E-state index is 12.7. The molecule has 0 radical (unpaired) electrons. The molecule has 0 spiro atoms. The molecule has 6 nitrogen and oxygen atoms in total. The lowest BCUT2D eigenvalue weighted by Crippen LogP contribution is -2.34. The van der Waals surface area contributed by atoms with Crippen LogP contribution in [0.1, 0.15) is 35.6 Å². The number of thiocarbonyl (C=S) groups is 1. The topological polar surface area (TPSA) is 66.0 Å². The van der Waals surface area contributed by atoms with Gasteiger partial charge in [-0.1, -0.05) is 23.8 Å². The zero-order chi connectivity index (χ0) is 23.7. The number of benzene rings is 1. The van der Waals surface area contributed by atoms with Crippen LogP contribution in [0.5, 0.6) is 0 Å². The molecule has 0 atom stereocenters. The van der Waals surface area contributed by atoms with E-state index in [0.717, 1.165) is 59.8 Å². The molecule has 34 heavy (non-hydrogen) atoms. The zero-order valence-electron chi connectivity index (χ0n) is 18.9. The largest absolute Gasteiger partial charge is 0.349 e. The molecule has 0 aliphatic carbocycles. The molecule has 1 saturated heterocycles. The number of anilines is 3. The minimum absolute atomic E-state index is 0.287. The molecule has 2 aliphatic rings. The van der Waals surface area contributed by atoms with Crippen LogP contribution in [0.25, 0.3) is 11.3 Å². The van der Waals surface area contributed by atoms with Gasteiger partial charge in [0.2, 0.25) is 5.95 Å². The summed E-state index contributed by atoms with van der Waals surface area (Å²) in [6, 6.07) is 7.82. The van der Waals surface area contributed by atoms with Gasteiger partial charge in [-0.3, -0.25) is 4.98 Å². The molecule has 2 aromatic heterocycles. The maximum Gasteiger partial charge on any atom is 0.227 e. The van der Waals surface area contributed by atoms with E-state index in [1.807, 2.05) is 37.5 Å². The Morgan fingerprint density at radius 1 is 1.21 bits per heavy atom. The van der Waals surface area contributed by atoms with E-state index >= 15 is 0 Å². The predicted octanol–water partition coefficient (Wildman–Crippen LogP) is 5.69. The second kappa shape index (κ2) is 9.90. The highest BCUT2D eigenvalue weighted by atomic mass is 35.5. The Hall–Kier alpha value is -2.68. The number of nitrogens with zero attached hydrogens (tertiary/aromatic N) is 4. The number of halogens is 2. The molecule has 0 amide bonds. The van der Waals surface area contributed by atoms with E-state index in [1.54, 1.807) is 0 Å². The lowest BCUT2D eigenvalue weighted by molar-refractivity contribution is 0.197. The van der Waals surface area contributed by atoms with Gasteiger partial charge in [-0.15, -0.1) is 0 Å². The van der Waals surface area contributed by atoms with Crippen LogP contribution in [0.4, 0.5) is 21.7 Å². The van der Waals surface area contributed by atoms with Crippen LogP contribution in [-0.4, -0.2) is 51.1 Å². The van der Waals surface area contributed by atoms with Gasteiger partial charge in [-0.25, -0.2) is 14.4 Å². The quantitative estimate of drug-likeness (QED) is 0.440. The summed E-state index contributed by atoms with van der Waals surface area (Å²) in [5.74, 6) is 0.925. The first-order valence-electron chi connectivity index (χ1n) is 11.5. The van der Waals surface area contributed by atoms with Gasteiger partial charge in [0.05, 0.1) is 22.1 Å².